The lowest BCUT2D eigenvalue weighted by Crippen LogP contribution is -2.47. The molecule has 106 valence electrons. The summed E-state index contributed by atoms with van der Waals surface area (Å²) in [6, 6.07) is 0. The van der Waals surface area contributed by atoms with Crippen molar-refractivity contribution in [2.24, 2.45) is 11.1 Å². The molecule has 2 N–H and O–H groups in total. The lowest BCUT2D eigenvalue weighted by atomic mass is 9.72. The Hall–Kier alpha value is -0.120. The Morgan fingerprint density at radius 1 is 1.11 bits per heavy atom. The van der Waals surface area contributed by atoms with Gasteiger partial charge in [-0.3, -0.25) is 4.90 Å². The summed E-state index contributed by atoms with van der Waals surface area (Å²) in [5, 5.41) is 0. The van der Waals surface area contributed by atoms with Gasteiger partial charge in [-0.15, -0.1) is 0 Å². The normalized spacial score (nSPS) is 33.5. The third kappa shape index (κ3) is 3.69. The van der Waals surface area contributed by atoms with Gasteiger partial charge >= 0.3 is 0 Å². The second-order valence-corrected chi connectivity index (χ2v) is 6.53. The smallest absolute Gasteiger partial charge is 0.0678 e. The molecule has 1 heterocycles. The molecule has 0 unspecified atom stereocenters. The molecule has 1 saturated heterocycles. The van der Waals surface area contributed by atoms with E-state index in [1.165, 1.54) is 45.1 Å². The van der Waals surface area contributed by atoms with E-state index in [0.717, 1.165) is 19.6 Å². The molecule has 0 aromatic heterocycles. The Morgan fingerprint density at radius 2 is 1.72 bits per heavy atom. The van der Waals surface area contributed by atoms with Gasteiger partial charge in [0.2, 0.25) is 0 Å². The third-order valence-corrected chi connectivity index (χ3v) is 4.80. The van der Waals surface area contributed by atoms with Gasteiger partial charge in [-0.05, 0) is 51.6 Å². The largest absolute Gasteiger partial charge is 0.373 e. The highest BCUT2D eigenvalue weighted by molar-refractivity contribution is 4.85. The van der Waals surface area contributed by atoms with E-state index in [1.54, 1.807) is 0 Å². The van der Waals surface area contributed by atoms with Gasteiger partial charge < -0.3 is 10.5 Å². The average Bonchev–Trinajstić information content (AvgIpc) is 2.36. The van der Waals surface area contributed by atoms with Gasteiger partial charge in [-0.1, -0.05) is 19.3 Å². The lowest BCUT2D eigenvalue weighted by molar-refractivity contribution is -0.0710. The first-order chi connectivity index (χ1) is 8.63. The summed E-state index contributed by atoms with van der Waals surface area (Å²) in [6.45, 7) is 8.62. The number of rotatable bonds is 4. The Bertz CT molecular complexity index is 241. The standard InChI is InChI=1S/C15H30N2O/c1-13-10-17(11-14(2)18-13)9-8-15(12-16)6-4-3-5-7-15/h13-14H,3-12,16H2,1-2H3/t13-,14+. The second-order valence-electron chi connectivity index (χ2n) is 6.53. The van der Waals surface area contributed by atoms with E-state index in [1.807, 2.05) is 0 Å². The molecule has 2 atom stereocenters. The van der Waals surface area contributed by atoms with E-state index in [0.29, 0.717) is 17.6 Å². The van der Waals surface area contributed by atoms with Crippen LogP contribution in [0.3, 0.4) is 0 Å². The number of nitrogens with two attached hydrogens (primary N) is 1. The maximum atomic E-state index is 6.07. The van der Waals surface area contributed by atoms with E-state index in [9.17, 15) is 0 Å². The Labute approximate surface area is 112 Å². The molecule has 1 aliphatic carbocycles. The molecule has 0 aromatic carbocycles. The minimum absolute atomic E-state index is 0.383. The van der Waals surface area contributed by atoms with Gasteiger partial charge in [0.25, 0.3) is 0 Å². The van der Waals surface area contributed by atoms with Gasteiger partial charge in [-0.25, -0.2) is 0 Å². The molecule has 0 amide bonds. The summed E-state index contributed by atoms with van der Waals surface area (Å²) in [7, 11) is 0. The summed E-state index contributed by atoms with van der Waals surface area (Å²) in [5.74, 6) is 0. The van der Waals surface area contributed by atoms with Crippen LogP contribution >= 0.6 is 0 Å². The van der Waals surface area contributed by atoms with Gasteiger partial charge in [0.15, 0.2) is 0 Å². The molecule has 2 fully saturated rings. The van der Waals surface area contributed by atoms with Gasteiger partial charge in [0.1, 0.15) is 0 Å². The van der Waals surface area contributed by atoms with E-state index >= 15 is 0 Å². The van der Waals surface area contributed by atoms with Crippen LogP contribution in [0.15, 0.2) is 0 Å². The molecule has 2 rings (SSSR count). The Morgan fingerprint density at radius 3 is 2.28 bits per heavy atom. The minimum atomic E-state index is 0.383. The van der Waals surface area contributed by atoms with Crippen LogP contribution in [-0.2, 0) is 4.74 Å². The molecule has 1 aliphatic heterocycles. The lowest BCUT2D eigenvalue weighted by Gasteiger charge is -2.40. The van der Waals surface area contributed by atoms with Crippen LogP contribution in [0, 0.1) is 5.41 Å². The van der Waals surface area contributed by atoms with E-state index < -0.39 is 0 Å². The summed E-state index contributed by atoms with van der Waals surface area (Å²) >= 11 is 0. The van der Waals surface area contributed by atoms with Crippen molar-refractivity contribution < 1.29 is 4.74 Å². The first-order valence-corrected chi connectivity index (χ1v) is 7.71. The molecule has 18 heavy (non-hydrogen) atoms. The molecule has 3 heteroatoms. The molecule has 0 bridgehead atoms. The van der Waals surface area contributed by atoms with Crippen molar-refractivity contribution in [3.8, 4) is 0 Å². The number of morpholine rings is 1. The zero-order valence-electron chi connectivity index (χ0n) is 12.2. The maximum Gasteiger partial charge on any atom is 0.0678 e. The minimum Gasteiger partial charge on any atom is -0.373 e. The van der Waals surface area contributed by atoms with Crippen LogP contribution in [0.2, 0.25) is 0 Å². The third-order valence-electron chi connectivity index (χ3n) is 4.80. The highest BCUT2D eigenvalue weighted by Gasteiger charge is 2.31. The van der Waals surface area contributed by atoms with Crippen LogP contribution in [0.25, 0.3) is 0 Å². The second kappa shape index (κ2) is 6.36. The SMILES string of the molecule is C[C@@H]1CN(CCC2(CN)CCCCC2)C[C@H](C)O1. The zero-order valence-corrected chi connectivity index (χ0v) is 12.2. The summed E-state index contributed by atoms with van der Waals surface area (Å²) in [4.78, 5) is 2.57. The molecular formula is C15H30N2O. The Balaban J connectivity index is 1.82. The molecule has 0 radical (unpaired) electrons. The number of ether oxygens (including phenoxy) is 1. The van der Waals surface area contributed by atoms with Crippen molar-refractivity contribution in [1.82, 2.24) is 4.90 Å². The summed E-state index contributed by atoms with van der Waals surface area (Å²) in [5.41, 5.74) is 6.51. The first-order valence-electron chi connectivity index (χ1n) is 7.71. The highest BCUT2D eigenvalue weighted by Crippen LogP contribution is 2.38. The van der Waals surface area contributed by atoms with Crippen molar-refractivity contribution >= 4 is 0 Å². The molecule has 0 aromatic rings. The maximum absolute atomic E-state index is 6.07. The fraction of sp³-hybridized carbons (Fsp3) is 1.00. The number of hydrogen-bond acceptors (Lipinski definition) is 3. The molecular weight excluding hydrogens is 224 g/mol. The van der Waals surface area contributed by atoms with Crippen molar-refractivity contribution in [3.05, 3.63) is 0 Å². The van der Waals surface area contributed by atoms with Crippen LogP contribution in [-0.4, -0.2) is 43.3 Å². The summed E-state index contributed by atoms with van der Waals surface area (Å²) in [6.07, 6.45) is 8.91. The predicted molar refractivity (Wildman–Crippen MR) is 75.6 cm³/mol. The first kappa shape index (κ1) is 14.3. The highest BCUT2D eigenvalue weighted by atomic mass is 16.5. The van der Waals surface area contributed by atoms with Crippen LogP contribution in [0.1, 0.15) is 52.4 Å². The van der Waals surface area contributed by atoms with Crippen molar-refractivity contribution in [3.63, 3.8) is 0 Å². The van der Waals surface area contributed by atoms with E-state index in [-0.39, 0.29) is 0 Å². The number of hydrogen-bond donors (Lipinski definition) is 1. The zero-order chi connectivity index (χ0) is 13.0. The van der Waals surface area contributed by atoms with Gasteiger partial charge in [0, 0.05) is 13.1 Å². The van der Waals surface area contributed by atoms with Crippen LogP contribution < -0.4 is 5.73 Å². The van der Waals surface area contributed by atoms with Crippen LogP contribution in [0.4, 0.5) is 0 Å². The monoisotopic (exact) mass is 254 g/mol. The van der Waals surface area contributed by atoms with Crippen molar-refractivity contribution in [2.75, 3.05) is 26.2 Å². The van der Waals surface area contributed by atoms with E-state index in [4.69, 9.17) is 10.5 Å². The molecule has 1 saturated carbocycles. The fourth-order valence-corrected chi connectivity index (χ4v) is 3.72. The fourth-order valence-electron chi connectivity index (χ4n) is 3.72. The topological polar surface area (TPSA) is 38.5 Å². The molecule has 3 nitrogen and oxygen atoms in total. The predicted octanol–water partition coefficient (Wildman–Crippen LogP) is 2.39. The summed E-state index contributed by atoms with van der Waals surface area (Å²) < 4.78 is 5.79. The van der Waals surface area contributed by atoms with Gasteiger partial charge in [-0.2, -0.15) is 0 Å². The number of nitrogens with zero attached hydrogens (tertiary/aromatic N) is 1. The average molecular weight is 254 g/mol. The molecule has 0 spiro atoms. The van der Waals surface area contributed by atoms with Crippen molar-refractivity contribution in [2.45, 2.75) is 64.6 Å². The van der Waals surface area contributed by atoms with E-state index in [2.05, 4.69) is 18.7 Å². The van der Waals surface area contributed by atoms with Crippen molar-refractivity contribution in [1.29, 1.82) is 0 Å². The van der Waals surface area contributed by atoms with Crippen LogP contribution in [0.5, 0.6) is 0 Å². The quantitative estimate of drug-likeness (QED) is 0.837. The Kier molecular flexibility index (Phi) is 5.05. The molecule has 2 aliphatic rings. The van der Waals surface area contributed by atoms with Gasteiger partial charge in [0.05, 0.1) is 12.2 Å².